The van der Waals surface area contributed by atoms with E-state index in [0.717, 1.165) is 30.6 Å². The number of ether oxygens (including phenoxy) is 1. The molecule has 190 valence electrons. The van der Waals surface area contributed by atoms with Gasteiger partial charge in [-0.3, -0.25) is 9.78 Å². The van der Waals surface area contributed by atoms with Gasteiger partial charge in [0, 0.05) is 44.1 Å². The molecule has 4 heterocycles. The van der Waals surface area contributed by atoms with Gasteiger partial charge in [-0.25, -0.2) is 18.4 Å². The molecule has 36 heavy (non-hydrogen) atoms. The third-order valence-electron chi connectivity index (χ3n) is 5.61. The SMILES string of the molecule is CC(=O)Nc1cc(Nc2cc(C)cc(S(C)(=O)=O)n2)c(-c2ccc(N3C[C@@H](C)O[C@H](C)C3)cn2)cn1. The maximum atomic E-state index is 12.1. The standard InChI is InChI=1S/C25H30N6O4S/c1-15-8-24(30-25(9-15)36(5,33)34)29-22-10-23(28-18(4)32)27-12-20(22)21-7-6-19(11-26-21)31-13-16(2)35-17(3)14-31/h6-12,16-17H,13-14H2,1-5H3,(H2,27,28,29,30,32)/t16-,17-/m1/s1. The Balaban J connectivity index is 1.70. The highest BCUT2D eigenvalue weighted by atomic mass is 32.2. The van der Waals surface area contributed by atoms with Gasteiger partial charge in [-0.2, -0.15) is 0 Å². The lowest BCUT2D eigenvalue weighted by molar-refractivity contribution is -0.114. The Kier molecular flexibility index (Phi) is 7.23. The molecule has 1 aliphatic rings. The summed E-state index contributed by atoms with van der Waals surface area (Å²) in [5.74, 6) is 0.438. The van der Waals surface area contributed by atoms with Crippen molar-refractivity contribution in [3.05, 3.63) is 48.3 Å². The minimum absolute atomic E-state index is 0.0286. The van der Waals surface area contributed by atoms with Crippen molar-refractivity contribution >= 4 is 38.8 Å². The van der Waals surface area contributed by atoms with Gasteiger partial charge in [0.1, 0.15) is 11.6 Å². The zero-order valence-corrected chi connectivity index (χ0v) is 21.8. The third-order valence-corrected chi connectivity index (χ3v) is 6.57. The highest BCUT2D eigenvalue weighted by Gasteiger charge is 2.23. The lowest BCUT2D eigenvalue weighted by atomic mass is 10.1. The molecule has 0 bridgehead atoms. The van der Waals surface area contributed by atoms with E-state index in [1.807, 2.05) is 18.3 Å². The quantitative estimate of drug-likeness (QED) is 0.512. The highest BCUT2D eigenvalue weighted by Crippen LogP contribution is 2.32. The molecule has 0 unspecified atom stereocenters. The zero-order valence-electron chi connectivity index (χ0n) is 20.9. The number of carbonyl (C=O) groups is 1. The Morgan fingerprint density at radius 3 is 2.39 bits per heavy atom. The first kappa shape index (κ1) is 25.5. The molecule has 2 N–H and O–H groups in total. The van der Waals surface area contributed by atoms with Crippen molar-refractivity contribution in [2.24, 2.45) is 0 Å². The van der Waals surface area contributed by atoms with Crippen LogP contribution in [0.25, 0.3) is 11.3 Å². The molecule has 0 aromatic carbocycles. The summed E-state index contributed by atoms with van der Waals surface area (Å²) in [6.45, 7) is 8.88. The number of carbonyl (C=O) groups excluding carboxylic acids is 1. The Labute approximate surface area is 211 Å². The van der Waals surface area contributed by atoms with E-state index in [1.165, 1.54) is 13.0 Å². The molecular formula is C25H30N6O4S. The van der Waals surface area contributed by atoms with Gasteiger partial charge in [0.15, 0.2) is 14.9 Å². The summed E-state index contributed by atoms with van der Waals surface area (Å²) in [6, 6.07) is 8.84. The first-order chi connectivity index (χ1) is 17.0. The number of aromatic nitrogens is 3. The molecule has 1 saturated heterocycles. The van der Waals surface area contributed by atoms with E-state index >= 15 is 0 Å². The van der Waals surface area contributed by atoms with E-state index in [4.69, 9.17) is 4.74 Å². The predicted octanol–water partition coefficient (Wildman–Crippen LogP) is 3.57. The van der Waals surface area contributed by atoms with Crippen molar-refractivity contribution in [2.75, 3.05) is 34.9 Å². The number of nitrogens with zero attached hydrogens (tertiary/aromatic N) is 4. The predicted molar refractivity (Wildman–Crippen MR) is 139 cm³/mol. The molecule has 1 fully saturated rings. The maximum Gasteiger partial charge on any atom is 0.222 e. The van der Waals surface area contributed by atoms with E-state index in [0.29, 0.717) is 28.6 Å². The van der Waals surface area contributed by atoms with Gasteiger partial charge < -0.3 is 20.3 Å². The van der Waals surface area contributed by atoms with Crippen molar-refractivity contribution in [2.45, 2.75) is 44.9 Å². The number of nitrogens with one attached hydrogen (secondary N) is 2. The Morgan fingerprint density at radius 2 is 1.78 bits per heavy atom. The average Bonchev–Trinajstić information content (AvgIpc) is 2.77. The highest BCUT2D eigenvalue weighted by molar-refractivity contribution is 7.90. The molecule has 0 radical (unpaired) electrons. The number of amides is 1. The van der Waals surface area contributed by atoms with Crippen molar-refractivity contribution < 1.29 is 17.9 Å². The van der Waals surface area contributed by atoms with E-state index in [2.05, 4.69) is 44.3 Å². The van der Waals surface area contributed by atoms with Gasteiger partial charge >= 0.3 is 0 Å². The molecule has 0 spiro atoms. The molecule has 0 saturated carbocycles. The van der Waals surface area contributed by atoms with Crippen LogP contribution >= 0.6 is 0 Å². The molecule has 3 aromatic rings. The second kappa shape index (κ2) is 10.2. The first-order valence-corrected chi connectivity index (χ1v) is 13.5. The lowest BCUT2D eigenvalue weighted by Gasteiger charge is -2.36. The number of pyridine rings is 3. The maximum absolute atomic E-state index is 12.1. The van der Waals surface area contributed by atoms with Gasteiger partial charge in [-0.05, 0) is 50.6 Å². The molecule has 1 amide bonds. The molecule has 1 aliphatic heterocycles. The van der Waals surface area contributed by atoms with Crippen LogP contribution in [0.15, 0.2) is 47.8 Å². The molecule has 4 rings (SSSR count). The number of aryl methyl sites for hydroxylation is 1. The van der Waals surface area contributed by atoms with Crippen LogP contribution in [0.4, 0.5) is 23.0 Å². The number of rotatable bonds is 6. The molecule has 3 aromatic heterocycles. The molecule has 10 nitrogen and oxygen atoms in total. The van der Waals surface area contributed by atoms with Crippen molar-refractivity contribution in [1.29, 1.82) is 0 Å². The van der Waals surface area contributed by atoms with Crippen molar-refractivity contribution in [1.82, 2.24) is 15.0 Å². The Hall–Kier alpha value is -3.57. The zero-order chi connectivity index (χ0) is 26.0. The van der Waals surface area contributed by atoms with Crippen LogP contribution in [-0.4, -0.2) is 60.8 Å². The number of anilines is 4. The number of morpholine rings is 1. The van der Waals surface area contributed by atoms with Crippen LogP contribution < -0.4 is 15.5 Å². The number of hydrogen-bond donors (Lipinski definition) is 2. The topological polar surface area (TPSA) is 126 Å². The fraction of sp³-hybridized carbons (Fsp3) is 0.360. The molecule has 11 heteroatoms. The normalized spacial score (nSPS) is 18.1. The molecule has 2 atom stereocenters. The van der Waals surface area contributed by atoms with E-state index in [9.17, 15) is 13.2 Å². The van der Waals surface area contributed by atoms with Crippen LogP contribution in [0, 0.1) is 6.92 Å². The van der Waals surface area contributed by atoms with E-state index < -0.39 is 9.84 Å². The second-order valence-electron chi connectivity index (χ2n) is 9.13. The van der Waals surface area contributed by atoms with Gasteiger partial charge in [-0.15, -0.1) is 0 Å². The third kappa shape index (κ3) is 6.16. The van der Waals surface area contributed by atoms with Crippen molar-refractivity contribution in [3.63, 3.8) is 0 Å². The average molecular weight is 511 g/mol. The molecule has 0 aliphatic carbocycles. The Morgan fingerprint density at radius 1 is 1.06 bits per heavy atom. The lowest BCUT2D eigenvalue weighted by Crippen LogP contribution is -2.45. The van der Waals surface area contributed by atoms with E-state index in [1.54, 1.807) is 25.3 Å². The first-order valence-electron chi connectivity index (χ1n) is 11.6. The molecular weight excluding hydrogens is 480 g/mol. The van der Waals surface area contributed by atoms with Crippen LogP contribution in [0.2, 0.25) is 0 Å². The minimum atomic E-state index is -3.50. The van der Waals surface area contributed by atoms with E-state index in [-0.39, 0.29) is 23.1 Å². The smallest absolute Gasteiger partial charge is 0.222 e. The fourth-order valence-electron chi connectivity index (χ4n) is 4.16. The summed E-state index contributed by atoms with van der Waals surface area (Å²) in [4.78, 5) is 27.1. The summed E-state index contributed by atoms with van der Waals surface area (Å²) >= 11 is 0. The van der Waals surface area contributed by atoms with Gasteiger partial charge in [-0.1, -0.05) is 0 Å². The van der Waals surface area contributed by atoms with Crippen LogP contribution in [0.5, 0.6) is 0 Å². The summed E-state index contributed by atoms with van der Waals surface area (Å²) in [6.07, 6.45) is 4.81. The minimum Gasteiger partial charge on any atom is -0.372 e. The van der Waals surface area contributed by atoms with Gasteiger partial charge in [0.25, 0.3) is 0 Å². The largest absolute Gasteiger partial charge is 0.372 e. The number of hydrogen-bond acceptors (Lipinski definition) is 9. The number of sulfone groups is 1. The second-order valence-corrected chi connectivity index (χ2v) is 11.1. The van der Waals surface area contributed by atoms with Crippen LogP contribution in [0.3, 0.4) is 0 Å². The summed E-state index contributed by atoms with van der Waals surface area (Å²) in [5.41, 5.74) is 3.63. The van der Waals surface area contributed by atoms with Gasteiger partial charge in [0.2, 0.25) is 5.91 Å². The summed E-state index contributed by atoms with van der Waals surface area (Å²) in [7, 11) is -3.50. The van der Waals surface area contributed by atoms with Gasteiger partial charge in [0.05, 0.1) is 35.5 Å². The summed E-state index contributed by atoms with van der Waals surface area (Å²) in [5, 5.41) is 5.84. The van der Waals surface area contributed by atoms with Crippen LogP contribution in [-0.2, 0) is 19.4 Å². The summed E-state index contributed by atoms with van der Waals surface area (Å²) < 4.78 is 30.0. The fourth-order valence-corrected chi connectivity index (χ4v) is 4.82. The Bertz CT molecular complexity index is 1370. The monoisotopic (exact) mass is 510 g/mol. The van der Waals surface area contributed by atoms with Crippen molar-refractivity contribution in [3.8, 4) is 11.3 Å². The van der Waals surface area contributed by atoms with Crippen LogP contribution in [0.1, 0.15) is 26.3 Å².